The van der Waals surface area contributed by atoms with Crippen molar-refractivity contribution in [1.82, 2.24) is 20.1 Å². The third kappa shape index (κ3) is 4.86. The molecule has 0 aliphatic carbocycles. The predicted octanol–water partition coefficient (Wildman–Crippen LogP) is 3.59. The van der Waals surface area contributed by atoms with Crippen molar-refractivity contribution in [1.29, 1.82) is 0 Å². The molecule has 1 heterocycles. The lowest BCUT2D eigenvalue weighted by Gasteiger charge is -2.06. The van der Waals surface area contributed by atoms with Gasteiger partial charge in [-0.2, -0.15) is 0 Å². The Balaban J connectivity index is 1.47. The number of hydrogen-bond donors (Lipinski definition) is 1. The minimum Gasteiger partial charge on any atom is -0.355 e. The van der Waals surface area contributed by atoms with Crippen LogP contribution in [0.3, 0.4) is 0 Å². The van der Waals surface area contributed by atoms with Gasteiger partial charge in [-0.3, -0.25) is 4.79 Å². The molecule has 0 saturated heterocycles. The molecule has 7 heteroatoms. The molecular formula is C19H19ClN4OS. The molecule has 2 aromatic carbocycles. The van der Waals surface area contributed by atoms with Crippen LogP contribution in [-0.4, -0.2) is 33.0 Å². The summed E-state index contributed by atoms with van der Waals surface area (Å²) in [4.78, 5) is 12.0. The number of halogens is 1. The average Bonchev–Trinajstić information content (AvgIpc) is 3.03. The zero-order chi connectivity index (χ0) is 18.4. The van der Waals surface area contributed by atoms with Gasteiger partial charge in [-0.05, 0) is 24.1 Å². The third-order valence-corrected chi connectivity index (χ3v) is 5.12. The average molecular weight is 387 g/mol. The van der Waals surface area contributed by atoms with Gasteiger partial charge in [0.05, 0.1) is 5.75 Å². The summed E-state index contributed by atoms with van der Waals surface area (Å²) in [5, 5.41) is 12.8. The number of rotatable bonds is 7. The molecule has 26 heavy (non-hydrogen) atoms. The van der Waals surface area contributed by atoms with Gasteiger partial charge in [0.2, 0.25) is 5.91 Å². The largest absolute Gasteiger partial charge is 0.355 e. The van der Waals surface area contributed by atoms with Crippen LogP contribution >= 0.6 is 23.4 Å². The molecule has 0 unspecified atom stereocenters. The van der Waals surface area contributed by atoms with Gasteiger partial charge in [0.25, 0.3) is 0 Å². The standard InChI is InChI=1S/C19H19ClN4OS/c1-24-18(15-5-3-2-4-6-15)22-23-19(24)26-13-17(25)21-12-11-14-7-9-16(20)10-8-14/h2-10H,11-13H2,1H3,(H,21,25). The van der Waals surface area contributed by atoms with E-state index in [0.29, 0.717) is 17.3 Å². The van der Waals surface area contributed by atoms with Crippen molar-refractivity contribution in [2.75, 3.05) is 12.3 Å². The van der Waals surface area contributed by atoms with Crippen LogP contribution in [0.4, 0.5) is 0 Å². The molecule has 0 radical (unpaired) electrons. The zero-order valence-corrected chi connectivity index (χ0v) is 15.9. The molecule has 0 aliphatic rings. The number of thioether (sulfide) groups is 1. The van der Waals surface area contributed by atoms with Crippen molar-refractivity contribution in [3.63, 3.8) is 0 Å². The van der Waals surface area contributed by atoms with Crippen molar-refractivity contribution < 1.29 is 4.79 Å². The Hall–Kier alpha value is -2.31. The second-order valence-electron chi connectivity index (χ2n) is 5.75. The van der Waals surface area contributed by atoms with Crippen molar-refractivity contribution in [2.24, 2.45) is 7.05 Å². The summed E-state index contributed by atoms with van der Waals surface area (Å²) < 4.78 is 1.90. The molecule has 0 atom stereocenters. The number of nitrogens with zero attached hydrogens (tertiary/aromatic N) is 3. The van der Waals surface area contributed by atoms with Gasteiger partial charge in [-0.15, -0.1) is 10.2 Å². The SMILES string of the molecule is Cn1c(SCC(=O)NCCc2ccc(Cl)cc2)nnc1-c1ccccc1. The lowest BCUT2D eigenvalue weighted by atomic mass is 10.1. The maximum Gasteiger partial charge on any atom is 0.230 e. The summed E-state index contributed by atoms with van der Waals surface area (Å²) in [6.07, 6.45) is 0.774. The van der Waals surface area contributed by atoms with Gasteiger partial charge in [0, 0.05) is 24.2 Å². The first-order valence-electron chi connectivity index (χ1n) is 8.22. The zero-order valence-electron chi connectivity index (χ0n) is 14.4. The number of nitrogens with one attached hydrogen (secondary N) is 1. The maximum atomic E-state index is 12.0. The first-order chi connectivity index (χ1) is 12.6. The second kappa shape index (κ2) is 8.87. The molecule has 3 rings (SSSR count). The van der Waals surface area contributed by atoms with E-state index in [1.807, 2.05) is 66.2 Å². The van der Waals surface area contributed by atoms with Crippen LogP contribution in [0.5, 0.6) is 0 Å². The van der Waals surface area contributed by atoms with Gasteiger partial charge in [-0.25, -0.2) is 0 Å². The quantitative estimate of drug-likeness (QED) is 0.630. The maximum absolute atomic E-state index is 12.0. The summed E-state index contributed by atoms with van der Waals surface area (Å²) in [6, 6.07) is 17.5. The van der Waals surface area contributed by atoms with Crippen LogP contribution < -0.4 is 5.32 Å². The van der Waals surface area contributed by atoms with E-state index in [9.17, 15) is 4.79 Å². The lowest BCUT2D eigenvalue weighted by molar-refractivity contribution is -0.118. The van der Waals surface area contributed by atoms with E-state index in [4.69, 9.17) is 11.6 Å². The summed E-state index contributed by atoms with van der Waals surface area (Å²) in [6.45, 7) is 0.592. The highest BCUT2D eigenvalue weighted by Gasteiger charge is 2.12. The summed E-state index contributed by atoms with van der Waals surface area (Å²) in [7, 11) is 1.91. The smallest absolute Gasteiger partial charge is 0.230 e. The first kappa shape index (κ1) is 18.5. The summed E-state index contributed by atoms with van der Waals surface area (Å²) >= 11 is 7.24. The molecular weight excluding hydrogens is 368 g/mol. The fourth-order valence-corrected chi connectivity index (χ4v) is 3.32. The minimum absolute atomic E-state index is 0.0202. The number of carbonyl (C=O) groups is 1. The van der Waals surface area contributed by atoms with Crippen LogP contribution in [0.15, 0.2) is 59.8 Å². The van der Waals surface area contributed by atoms with Crippen molar-refractivity contribution in [2.45, 2.75) is 11.6 Å². The Morgan fingerprint density at radius 2 is 1.85 bits per heavy atom. The number of carbonyl (C=O) groups excluding carboxylic acids is 1. The summed E-state index contributed by atoms with van der Waals surface area (Å²) in [5.74, 6) is 1.07. The Morgan fingerprint density at radius 1 is 1.12 bits per heavy atom. The number of benzene rings is 2. The van der Waals surface area contributed by atoms with E-state index in [2.05, 4.69) is 15.5 Å². The van der Waals surface area contributed by atoms with E-state index >= 15 is 0 Å². The van der Waals surface area contributed by atoms with Gasteiger partial charge < -0.3 is 9.88 Å². The topological polar surface area (TPSA) is 59.8 Å². The minimum atomic E-state index is -0.0202. The number of hydrogen-bond acceptors (Lipinski definition) is 4. The summed E-state index contributed by atoms with van der Waals surface area (Å²) in [5.41, 5.74) is 2.14. The molecule has 1 aromatic heterocycles. The molecule has 0 fully saturated rings. The van der Waals surface area contributed by atoms with Gasteiger partial charge in [-0.1, -0.05) is 65.8 Å². The van der Waals surface area contributed by atoms with E-state index in [-0.39, 0.29) is 5.91 Å². The first-order valence-corrected chi connectivity index (χ1v) is 9.58. The highest BCUT2D eigenvalue weighted by molar-refractivity contribution is 7.99. The Bertz CT molecular complexity index is 865. The van der Waals surface area contributed by atoms with E-state index in [1.165, 1.54) is 11.8 Å². The van der Waals surface area contributed by atoms with Gasteiger partial charge >= 0.3 is 0 Å². The Kier molecular flexibility index (Phi) is 6.30. The van der Waals surface area contributed by atoms with Crippen molar-refractivity contribution >= 4 is 29.3 Å². The Labute approximate surface area is 161 Å². The van der Waals surface area contributed by atoms with Crippen molar-refractivity contribution in [3.8, 4) is 11.4 Å². The fourth-order valence-electron chi connectivity index (χ4n) is 2.46. The van der Waals surface area contributed by atoms with Gasteiger partial charge in [0.1, 0.15) is 0 Å². The van der Waals surface area contributed by atoms with Crippen LogP contribution in [0, 0.1) is 0 Å². The number of aromatic nitrogens is 3. The molecule has 134 valence electrons. The highest BCUT2D eigenvalue weighted by Crippen LogP contribution is 2.22. The molecule has 1 N–H and O–H groups in total. The second-order valence-corrected chi connectivity index (χ2v) is 7.13. The molecule has 0 spiro atoms. The fraction of sp³-hybridized carbons (Fsp3) is 0.211. The van der Waals surface area contributed by atoms with E-state index in [1.54, 1.807) is 0 Å². The molecule has 0 aliphatic heterocycles. The highest BCUT2D eigenvalue weighted by atomic mass is 35.5. The van der Waals surface area contributed by atoms with Crippen LogP contribution in [0.2, 0.25) is 5.02 Å². The normalized spacial score (nSPS) is 10.7. The van der Waals surface area contributed by atoms with Crippen LogP contribution in [-0.2, 0) is 18.3 Å². The molecule has 3 aromatic rings. The van der Waals surface area contributed by atoms with E-state index in [0.717, 1.165) is 28.5 Å². The lowest BCUT2D eigenvalue weighted by Crippen LogP contribution is -2.27. The van der Waals surface area contributed by atoms with Crippen molar-refractivity contribution in [3.05, 3.63) is 65.2 Å². The third-order valence-electron chi connectivity index (χ3n) is 3.85. The Morgan fingerprint density at radius 3 is 2.58 bits per heavy atom. The van der Waals surface area contributed by atoms with Crippen LogP contribution in [0.25, 0.3) is 11.4 Å². The molecule has 0 bridgehead atoms. The van der Waals surface area contributed by atoms with Crippen LogP contribution in [0.1, 0.15) is 5.56 Å². The number of amides is 1. The van der Waals surface area contributed by atoms with E-state index < -0.39 is 0 Å². The molecule has 1 amide bonds. The predicted molar refractivity (Wildman–Crippen MR) is 105 cm³/mol. The molecule has 5 nitrogen and oxygen atoms in total. The van der Waals surface area contributed by atoms with Gasteiger partial charge in [0.15, 0.2) is 11.0 Å². The molecule has 0 saturated carbocycles. The monoisotopic (exact) mass is 386 g/mol.